The number of hydrogen-bond donors (Lipinski definition) is 0. The van der Waals surface area contributed by atoms with Gasteiger partial charge in [-0.3, -0.25) is 7.05 Å². The first kappa shape index (κ1) is 6.45. The Morgan fingerprint density at radius 1 is 1.86 bits per heavy atom. The van der Waals surface area contributed by atoms with E-state index in [1.807, 2.05) is 13.1 Å². The zero-order chi connectivity index (χ0) is 5.70. The van der Waals surface area contributed by atoms with Crippen LogP contribution in [0.1, 0.15) is 6.42 Å². The van der Waals surface area contributed by atoms with Crippen molar-refractivity contribution >= 4 is 0 Å². The Morgan fingerprint density at radius 3 is 2.57 bits per heavy atom. The fraction of sp³-hybridized carbons (Fsp3) is 0.600. The highest BCUT2D eigenvalue weighted by molar-refractivity contribution is 4.70. The van der Waals surface area contributed by atoms with Gasteiger partial charge in [0.05, 0.1) is 6.07 Å². The minimum absolute atomic E-state index is 0.569. The van der Waals surface area contributed by atoms with Crippen molar-refractivity contribution in [3.05, 3.63) is 7.05 Å². The van der Waals surface area contributed by atoms with Gasteiger partial charge in [-0.05, 0) is 13.6 Å². The Kier molecular flexibility index (Phi) is 3.35. The fourth-order valence-corrected chi connectivity index (χ4v) is 0.241. The number of nitrogens with zero attached hydrogens (tertiary/aromatic N) is 2. The molecule has 0 fully saturated rings. The zero-order valence-corrected chi connectivity index (χ0v) is 4.52. The largest absolute Gasteiger partial charge is 0.461 e. The molecule has 0 aromatic heterocycles. The van der Waals surface area contributed by atoms with Crippen molar-refractivity contribution in [3.8, 4) is 6.07 Å². The summed E-state index contributed by atoms with van der Waals surface area (Å²) in [5.74, 6) is 0. The van der Waals surface area contributed by atoms with Crippen LogP contribution in [0.5, 0.6) is 0 Å². The summed E-state index contributed by atoms with van der Waals surface area (Å²) in [4.78, 5) is 1.74. The van der Waals surface area contributed by atoms with Crippen molar-refractivity contribution in [2.24, 2.45) is 0 Å². The van der Waals surface area contributed by atoms with Crippen LogP contribution in [-0.4, -0.2) is 18.5 Å². The third-order valence-corrected chi connectivity index (χ3v) is 0.605. The van der Waals surface area contributed by atoms with Gasteiger partial charge < -0.3 is 4.90 Å². The highest BCUT2D eigenvalue weighted by Crippen LogP contribution is 1.78. The number of hydrogen-bond acceptors (Lipinski definition) is 2. The molecule has 7 heavy (non-hydrogen) atoms. The summed E-state index contributed by atoms with van der Waals surface area (Å²) in [6, 6.07) is 2.02. The highest BCUT2D eigenvalue weighted by Gasteiger charge is 1.77. The van der Waals surface area contributed by atoms with Crippen LogP contribution < -0.4 is 0 Å². The molecule has 2 nitrogen and oxygen atoms in total. The Labute approximate surface area is 44.4 Å². The molecule has 0 aromatic rings. The lowest BCUT2D eigenvalue weighted by Gasteiger charge is -2.13. The van der Waals surface area contributed by atoms with Gasteiger partial charge in [-0.15, -0.1) is 0 Å². The molecule has 0 unspecified atom stereocenters. The molecule has 0 bridgehead atoms. The molecule has 0 aliphatic rings. The molecule has 0 N–H and O–H groups in total. The summed E-state index contributed by atoms with van der Waals surface area (Å²) >= 11 is 0. The lowest BCUT2D eigenvalue weighted by Crippen LogP contribution is -2.08. The van der Waals surface area contributed by atoms with Gasteiger partial charge in [0.2, 0.25) is 0 Å². The van der Waals surface area contributed by atoms with Crippen molar-refractivity contribution in [2.45, 2.75) is 6.42 Å². The van der Waals surface area contributed by atoms with Crippen molar-refractivity contribution in [3.63, 3.8) is 0 Å². The lowest BCUT2D eigenvalue weighted by atomic mass is 10.4. The standard InChI is InChI=1S/C5H9N2/c1-7(2)5-3-4-6/h1,3,5H2,2H3/q-1. The molecule has 2 heteroatoms. The maximum atomic E-state index is 8.01. The summed E-state index contributed by atoms with van der Waals surface area (Å²) in [6.45, 7) is 0.760. The number of nitriles is 1. The van der Waals surface area contributed by atoms with Gasteiger partial charge in [-0.2, -0.15) is 5.26 Å². The molecule has 0 aliphatic heterocycles. The molecule has 0 aliphatic carbocycles. The molecule has 0 saturated heterocycles. The van der Waals surface area contributed by atoms with Crippen molar-refractivity contribution in [2.75, 3.05) is 13.6 Å². The molecule has 0 atom stereocenters. The van der Waals surface area contributed by atoms with Crippen LogP contribution in [0.2, 0.25) is 0 Å². The fourth-order valence-electron chi connectivity index (χ4n) is 0.241. The quantitative estimate of drug-likeness (QED) is 0.472. The Hall–Kier alpha value is -0.550. The van der Waals surface area contributed by atoms with Crippen molar-refractivity contribution in [1.29, 1.82) is 5.26 Å². The Bertz CT molecular complexity index is 70.6. The second-order valence-corrected chi connectivity index (χ2v) is 1.49. The molecule has 0 heterocycles. The smallest absolute Gasteiger partial charge is 0.0634 e. The predicted octanol–water partition coefficient (Wildman–Crippen LogP) is 0.623. The molecule has 0 saturated carbocycles. The summed E-state index contributed by atoms with van der Waals surface area (Å²) in [7, 11) is 5.40. The summed E-state index contributed by atoms with van der Waals surface area (Å²) in [5.41, 5.74) is 0. The number of rotatable bonds is 2. The molecule has 0 amide bonds. The minimum atomic E-state index is 0.569. The molecule has 0 spiro atoms. The molecule has 0 radical (unpaired) electrons. The maximum Gasteiger partial charge on any atom is 0.0634 e. The summed E-state index contributed by atoms with van der Waals surface area (Å²) in [5, 5.41) is 8.01. The van der Waals surface area contributed by atoms with Crippen LogP contribution in [0.3, 0.4) is 0 Å². The topological polar surface area (TPSA) is 27.0 Å². The summed E-state index contributed by atoms with van der Waals surface area (Å²) in [6.07, 6.45) is 0.569. The van der Waals surface area contributed by atoms with Gasteiger partial charge in [-0.1, -0.05) is 0 Å². The second-order valence-electron chi connectivity index (χ2n) is 1.49. The average molecular weight is 97.1 g/mol. The third-order valence-electron chi connectivity index (χ3n) is 0.605. The summed E-state index contributed by atoms with van der Waals surface area (Å²) < 4.78 is 0. The van der Waals surface area contributed by atoms with E-state index in [9.17, 15) is 0 Å². The van der Waals surface area contributed by atoms with Gasteiger partial charge in [0.15, 0.2) is 0 Å². The SMILES string of the molecule is [CH2-]N(C)CCC#N. The van der Waals surface area contributed by atoms with E-state index < -0.39 is 0 Å². The molecule has 40 valence electrons. The molecule has 0 aromatic carbocycles. The Morgan fingerprint density at radius 2 is 2.43 bits per heavy atom. The third kappa shape index (κ3) is 5.45. The predicted molar refractivity (Wildman–Crippen MR) is 28.2 cm³/mol. The first-order chi connectivity index (χ1) is 3.27. The molecular formula is C5H9N2-. The van der Waals surface area contributed by atoms with Crippen LogP contribution >= 0.6 is 0 Å². The van der Waals surface area contributed by atoms with E-state index in [0.29, 0.717) is 6.42 Å². The zero-order valence-electron chi connectivity index (χ0n) is 4.52. The van der Waals surface area contributed by atoms with E-state index >= 15 is 0 Å². The maximum absolute atomic E-state index is 8.01. The van der Waals surface area contributed by atoms with Gasteiger partial charge >= 0.3 is 0 Å². The molecular weight excluding hydrogens is 88.1 g/mol. The van der Waals surface area contributed by atoms with E-state index in [-0.39, 0.29) is 0 Å². The average Bonchev–Trinajstić information content (AvgIpc) is 1.61. The monoisotopic (exact) mass is 97.1 g/mol. The first-order valence-corrected chi connectivity index (χ1v) is 2.16. The van der Waals surface area contributed by atoms with Crippen LogP contribution in [-0.2, 0) is 0 Å². The Balaban J connectivity index is 2.86. The van der Waals surface area contributed by atoms with Gasteiger partial charge in [0, 0.05) is 6.42 Å². The van der Waals surface area contributed by atoms with E-state index in [0.717, 1.165) is 6.54 Å². The van der Waals surface area contributed by atoms with Gasteiger partial charge in [0.1, 0.15) is 0 Å². The van der Waals surface area contributed by atoms with Crippen LogP contribution in [0.4, 0.5) is 0 Å². The van der Waals surface area contributed by atoms with E-state index in [2.05, 4.69) is 7.05 Å². The van der Waals surface area contributed by atoms with Crippen LogP contribution in [0.25, 0.3) is 0 Å². The molecule has 0 rings (SSSR count). The lowest BCUT2D eigenvalue weighted by molar-refractivity contribution is 0.461. The van der Waals surface area contributed by atoms with Gasteiger partial charge in [0.25, 0.3) is 0 Å². The van der Waals surface area contributed by atoms with E-state index in [1.165, 1.54) is 0 Å². The van der Waals surface area contributed by atoms with E-state index in [4.69, 9.17) is 5.26 Å². The minimum Gasteiger partial charge on any atom is -0.461 e. The highest BCUT2D eigenvalue weighted by atomic mass is 15.0. The first-order valence-electron chi connectivity index (χ1n) is 2.16. The van der Waals surface area contributed by atoms with Crippen molar-refractivity contribution < 1.29 is 0 Å². The normalized spacial score (nSPS) is 8.86. The van der Waals surface area contributed by atoms with E-state index in [1.54, 1.807) is 4.90 Å². The van der Waals surface area contributed by atoms with Crippen LogP contribution in [0, 0.1) is 18.4 Å². The van der Waals surface area contributed by atoms with Crippen molar-refractivity contribution in [1.82, 2.24) is 4.90 Å². The second kappa shape index (κ2) is 3.63. The van der Waals surface area contributed by atoms with Gasteiger partial charge in [-0.25, -0.2) is 0 Å². The van der Waals surface area contributed by atoms with Crippen LogP contribution in [0.15, 0.2) is 0 Å².